The molecule has 76 heavy (non-hydrogen) atoms. The molecule has 2 aromatic carbocycles. The van der Waals surface area contributed by atoms with Crippen LogP contribution in [-0.4, -0.2) is 91.2 Å². The molecule has 4 aromatic rings. The molecule has 2 atom stereocenters. The van der Waals surface area contributed by atoms with Gasteiger partial charge in [-0.2, -0.15) is 5.26 Å². The fourth-order valence-electron chi connectivity index (χ4n) is 9.82. The third-order valence-electron chi connectivity index (χ3n) is 13.8. The Morgan fingerprint density at radius 3 is 1.97 bits per heavy atom. The van der Waals surface area contributed by atoms with Gasteiger partial charge in [0.25, 0.3) is 0 Å². The number of nitrogens with one attached hydrogen (secondary N) is 1. The molecule has 1 aliphatic heterocycles. The third-order valence-corrected chi connectivity index (χ3v) is 13.8. The van der Waals surface area contributed by atoms with Crippen LogP contribution in [-0.2, 0) is 44.7 Å². The summed E-state index contributed by atoms with van der Waals surface area (Å²) in [6.45, 7) is 19.0. The number of aryl methyl sites for hydroxylation is 4. The van der Waals surface area contributed by atoms with Crippen molar-refractivity contribution in [2.24, 2.45) is 0 Å². The maximum absolute atomic E-state index is 13.9. The number of unbranched alkanes of at least 4 members (excludes halogenated alkanes) is 5. The van der Waals surface area contributed by atoms with Crippen LogP contribution in [0.25, 0.3) is 26.8 Å². The fourth-order valence-corrected chi connectivity index (χ4v) is 9.82. The zero-order chi connectivity index (χ0) is 55.4. The molecule has 16 nitrogen and oxygen atoms in total. The topological polar surface area (TPSA) is 215 Å². The van der Waals surface area contributed by atoms with E-state index in [1.165, 1.54) is 14.2 Å². The van der Waals surface area contributed by atoms with Crippen molar-refractivity contribution in [3.63, 3.8) is 0 Å². The summed E-state index contributed by atoms with van der Waals surface area (Å²) in [5.41, 5.74) is 2.19. The number of fused-ring (bicyclic) bond motifs is 3. The van der Waals surface area contributed by atoms with Gasteiger partial charge in [0.2, 0.25) is 18.4 Å². The molecule has 3 N–H and O–H groups in total. The number of aliphatic hydroxyl groups is 2. The van der Waals surface area contributed by atoms with Crippen LogP contribution < -0.4 is 19.7 Å². The molecule has 0 radical (unpaired) electrons. The van der Waals surface area contributed by atoms with Crippen molar-refractivity contribution >= 4 is 51.4 Å². The van der Waals surface area contributed by atoms with E-state index in [1.54, 1.807) is 32.6 Å². The van der Waals surface area contributed by atoms with Crippen molar-refractivity contribution in [3.05, 3.63) is 75.5 Å². The van der Waals surface area contributed by atoms with Crippen LogP contribution >= 0.6 is 0 Å². The Labute approximate surface area is 449 Å². The van der Waals surface area contributed by atoms with Gasteiger partial charge in [-0.15, -0.1) is 0 Å². The number of amides is 2. The minimum Gasteiger partial charge on any atom is -0.493 e. The Morgan fingerprint density at radius 2 is 1.39 bits per heavy atom. The highest BCUT2D eigenvalue weighted by molar-refractivity contribution is 6.10. The maximum atomic E-state index is 13.9. The summed E-state index contributed by atoms with van der Waals surface area (Å²) in [4.78, 5) is 59.2. The molecule has 0 saturated heterocycles. The molecule has 2 aromatic heterocycles. The van der Waals surface area contributed by atoms with Crippen LogP contribution in [0.4, 0.5) is 5.69 Å². The minimum atomic E-state index is -0.807. The number of carbonyl (C=O) groups is 4. The second kappa shape index (κ2) is 29.2. The van der Waals surface area contributed by atoms with Gasteiger partial charge in [-0.05, 0) is 167 Å². The highest BCUT2D eigenvalue weighted by Gasteiger charge is 2.36. The molecule has 2 unspecified atom stereocenters. The number of nitrogens with zero attached hydrogens (tertiary/aromatic N) is 3. The van der Waals surface area contributed by atoms with Gasteiger partial charge in [0, 0.05) is 61.4 Å². The standard InChI is InChI=1S/C60H82N4O12/c1-40(23-20-31-59(3,4)69)63-49(65)29-27-42-37-44-51(47(26-22-34-62-7)75-54(44)48(38-42)71-8)57(67)73-35-18-14-12-10-11-13-15-19-36-74-58(68)52-45-39-43-28-30-50(66)64(41(2)24-21-32-60(5,6)70)53(43)56(72-9)55(45)76-46(52)25-16-17-33-61/h10-11,37-41,69-70H,12-32,34-36H2,1-6,8-9H3,(H,63,65). The Kier molecular flexibility index (Phi) is 23.3. The number of ether oxygens (including phenoxy) is 4. The van der Waals surface area contributed by atoms with Crippen molar-refractivity contribution in [2.45, 2.75) is 200 Å². The highest BCUT2D eigenvalue weighted by Crippen LogP contribution is 2.47. The molecule has 0 fully saturated rings. The van der Waals surface area contributed by atoms with E-state index < -0.39 is 23.1 Å². The summed E-state index contributed by atoms with van der Waals surface area (Å²) < 4.78 is 35.9. The van der Waals surface area contributed by atoms with Gasteiger partial charge in [-0.3, -0.25) is 9.59 Å². The molecule has 2 amide bonds. The number of methoxy groups -OCH3 is 2. The van der Waals surface area contributed by atoms with Crippen LogP contribution in [0.2, 0.25) is 0 Å². The van der Waals surface area contributed by atoms with E-state index in [9.17, 15) is 34.7 Å². The lowest BCUT2D eigenvalue weighted by molar-refractivity contribution is -0.122. The predicted octanol–water partition coefficient (Wildman–Crippen LogP) is 11.8. The Bertz CT molecular complexity index is 2710. The Morgan fingerprint density at radius 1 is 0.803 bits per heavy atom. The quantitative estimate of drug-likeness (QED) is 0.0175. The summed E-state index contributed by atoms with van der Waals surface area (Å²) in [5, 5.41) is 33.7. The van der Waals surface area contributed by atoms with Gasteiger partial charge in [0.05, 0.1) is 50.4 Å². The van der Waals surface area contributed by atoms with E-state index in [-0.39, 0.29) is 56.5 Å². The number of allylic oxidation sites excluding steroid dienone is 2. The number of carbonyl (C=O) groups excluding carboxylic acids is 4. The zero-order valence-corrected chi connectivity index (χ0v) is 46.3. The molecule has 3 heterocycles. The normalized spacial score (nSPS) is 13.6. The lowest BCUT2D eigenvalue weighted by Crippen LogP contribution is -2.42. The number of rotatable bonds is 33. The van der Waals surface area contributed by atoms with E-state index >= 15 is 0 Å². The molecule has 1 aliphatic rings. The number of benzene rings is 2. The molecule has 5 rings (SSSR count). The van der Waals surface area contributed by atoms with Gasteiger partial charge in [0.1, 0.15) is 22.6 Å². The summed E-state index contributed by atoms with van der Waals surface area (Å²) in [6.07, 6.45) is 16.3. The smallest absolute Gasteiger partial charge is 0.342 e. The monoisotopic (exact) mass is 1050 g/mol. The summed E-state index contributed by atoms with van der Waals surface area (Å²) >= 11 is 0. The molecule has 0 bridgehead atoms. The van der Waals surface area contributed by atoms with Crippen LogP contribution in [0.15, 0.2) is 39.2 Å². The number of hydrogen-bond donors (Lipinski definition) is 3. The first kappa shape index (κ1) is 60.5. The highest BCUT2D eigenvalue weighted by atomic mass is 16.5. The average molecular weight is 1050 g/mol. The predicted molar refractivity (Wildman–Crippen MR) is 293 cm³/mol. The molecule has 0 saturated carbocycles. The molecule has 16 heteroatoms. The SMILES string of the molecule is [C-]#[N+]CCCc1oc2c(OC)cc(CCC(=O)NC(C)CCCC(C)(C)O)cc2c1C(=O)OCCCCC=CCCCCOC(=O)c1c(CCCC#N)oc2c(OC)c3c(cc12)CCC(=O)N3C(C)CCCC(C)(C)O. The molecule has 0 spiro atoms. The van der Waals surface area contributed by atoms with Crippen molar-refractivity contribution in [1.82, 2.24) is 5.32 Å². The first-order chi connectivity index (χ1) is 36.3. The molecular weight excluding hydrogens is 969 g/mol. The number of furan rings is 2. The van der Waals surface area contributed by atoms with Gasteiger partial charge >= 0.3 is 11.9 Å². The van der Waals surface area contributed by atoms with E-state index in [0.29, 0.717) is 139 Å². The van der Waals surface area contributed by atoms with E-state index in [1.807, 2.05) is 32.0 Å². The van der Waals surface area contributed by atoms with Crippen molar-refractivity contribution in [2.75, 3.05) is 38.9 Å². The number of anilines is 1. The van der Waals surface area contributed by atoms with Crippen LogP contribution in [0.1, 0.15) is 194 Å². The lowest BCUT2D eigenvalue weighted by Gasteiger charge is -2.35. The summed E-state index contributed by atoms with van der Waals surface area (Å²) in [6, 6.07) is 7.56. The van der Waals surface area contributed by atoms with Gasteiger partial charge in [-0.1, -0.05) is 12.2 Å². The molecule has 0 aliphatic carbocycles. The Balaban J connectivity index is 1.12. The lowest BCUT2D eigenvalue weighted by atomic mass is 9.93. The van der Waals surface area contributed by atoms with Gasteiger partial charge in [-0.25, -0.2) is 16.2 Å². The van der Waals surface area contributed by atoms with Crippen LogP contribution in [0.5, 0.6) is 11.5 Å². The average Bonchev–Trinajstić information content (AvgIpc) is 3.92. The number of esters is 2. The Hall–Kier alpha value is -6.36. The van der Waals surface area contributed by atoms with E-state index in [0.717, 1.165) is 56.1 Å². The van der Waals surface area contributed by atoms with Crippen molar-refractivity contribution in [1.29, 1.82) is 5.26 Å². The van der Waals surface area contributed by atoms with Crippen molar-refractivity contribution < 1.29 is 57.2 Å². The van der Waals surface area contributed by atoms with E-state index in [4.69, 9.17) is 34.4 Å². The number of hydrogen-bond acceptors (Lipinski definition) is 13. The maximum Gasteiger partial charge on any atom is 0.342 e. The molecular formula is C60H82N4O12. The molecule has 414 valence electrons. The van der Waals surface area contributed by atoms with Gasteiger partial charge < -0.3 is 53.1 Å². The minimum absolute atomic E-state index is 0.0217. The zero-order valence-electron chi connectivity index (χ0n) is 46.3. The van der Waals surface area contributed by atoms with Crippen LogP contribution in [0, 0.1) is 17.9 Å². The first-order valence-corrected chi connectivity index (χ1v) is 27.3. The van der Waals surface area contributed by atoms with Crippen molar-refractivity contribution in [3.8, 4) is 17.6 Å². The first-order valence-electron chi connectivity index (χ1n) is 27.3. The fraction of sp³-hybridized carbons (Fsp3) is 0.600. The third kappa shape index (κ3) is 17.6. The van der Waals surface area contributed by atoms with E-state index in [2.05, 4.69) is 28.4 Å². The largest absolute Gasteiger partial charge is 0.493 e. The second-order valence-electron chi connectivity index (χ2n) is 21.5. The number of nitriles is 1. The second-order valence-corrected chi connectivity index (χ2v) is 21.5. The summed E-state index contributed by atoms with van der Waals surface area (Å²) in [7, 11) is 3.06. The van der Waals surface area contributed by atoms with Crippen LogP contribution in [0.3, 0.4) is 0 Å². The summed E-state index contributed by atoms with van der Waals surface area (Å²) in [5.74, 6) is 0.563. The van der Waals surface area contributed by atoms with Gasteiger partial charge in [0.15, 0.2) is 22.7 Å².